The van der Waals surface area contributed by atoms with Gasteiger partial charge in [-0.2, -0.15) is 0 Å². The lowest BCUT2D eigenvalue weighted by Gasteiger charge is -2.14. The summed E-state index contributed by atoms with van der Waals surface area (Å²) in [6, 6.07) is 22.4. The molecule has 0 radical (unpaired) electrons. The van der Waals surface area contributed by atoms with Crippen LogP contribution in [0.15, 0.2) is 76.1 Å². The number of aliphatic hydroxyl groups is 1. The van der Waals surface area contributed by atoms with Crippen molar-refractivity contribution in [3.63, 3.8) is 0 Å². The second kappa shape index (κ2) is 6.65. The van der Waals surface area contributed by atoms with Crippen LogP contribution in [0, 0.1) is 0 Å². The molecule has 1 N–H and O–H groups in total. The molecule has 106 valence electrons. The van der Waals surface area contributed by atoms with E-state index in [1.807, 2.05) is 42.5 Å². The zero-order valence-electron chi connectivity index (χ0n) is 11.4. The van der Waals surface area contributed by atoms with Crippen LogP contribution in [0.4, 0.5) is 0 Å². The largest absolute Gasteiger partial charge is 0.388 e. The number of hydrogen-bond donors (Lipinski definition) is 1. The van der Waals surface area contributed by atoms with Crippen molar-refractivity contribution in [2.45, 2.75) is 11.0 Å². The first kappa shape index (κ1) is 14.6. The minimum atomic E-state index is -0.479. The molecule has 0 fully saturated rings. The fourth-order valence-corrected chi connectivity index (χ4v) is 3.89. The van der Waals surface area contributed by atoms with Gasteiger partial charge in [-0.05, 0) is 44.4 Å². The van der Waals surface area contributed by atoms with E-state index in [1.165, 1.54) is 5.39 Å². The van der Waals surface area contributed by atoms with E-state index in [0.717, 1.165) is 20.3 Å². The van der Waals surface area contributed by atoms with Crippen molar-refractivity contribution in [1.29, 1.82) is 0 Å². The van der Waals surface area contributed by atoms with Crippen LogP contribution in [-0.4, -0.2) is 10.9 Å². The van der Waals surface area contributed by atoms with Crippen molar-refractivity contribution >= 4 is 38.5 Å². The molecule has 0 spiro atoms. The van der Waals surface area contributed by atoms with Gasteiger partial charge in [-0.1, -0.05) is 54.6 Å². The average Bonchev–Trinajstić information content (AvgIpc) is 2.53. The minimum absolute atomic E-state index is 0.479. The van der Waals surface area contributed by atoms with Gasteiger partial charge in [0.25, 0.3) is 0 Å². The number of rotatable bonds is 4. The number of aliphatic hydroxyl groups excluding tert-OH is 1. The molecule has 0 aliphatic rings. The lowest BCUT2D eigenvalue weighted by Crippen LogP contribution is -2.01. The Morgan fingerprint density at radius 3 is 2.48 bits per heavy atom. The molecular weight excluding hydrogens is 344 g/mol. The molecule has 0 amide bonds. The summed E-state index contributed by atoms with van der Waals surface area (Å²) in [5, 5.41) is 12.8. The van der Waals surface area contributed by atoms with Crippen molar-refractivity contribution < 1.29 is 5.11 Å². The van der Waals surface area contributed by atoms with Crippen LogP contribution in [0.5, 0.6) is 0 Å². The Labute approximate surface area is 137 Å². The molecule has 21 heavy (non-hydrogen) atoms. The van der Waals surface area contributed by atoms with E-state index < -0.39 is 6.10 Å². The third-order valence-corrected chi connectivity index (χ3v) is 5.52. The maximum absolute atomic E-state index is 10.5. The Bertz CT molecular complexity index is 752. The molecule has 0 bridgehead atoms. The maximum Gasteiger partial charge on any atom is 0.0889 e. The quantitative estimate of drug-likeness (QED) is 0.627. The highest BCUT2D eigenvalue weighted by molar-refractivity contribution is 9.10. The van der Waals surface area contributed by atoms with Crippen LogP contribution < -0.4 is 0 Å². The fraction of sp³-hybridized carbons (Fsp3) is 0.111. The molecule has 0 heterocycles. The van der Waals surface area contributed by atoms with Gasteiger partial charge < -0.3 is 5.11 Å². The summed E-state index contributed by atoms with van der Waals surface area (Å²) < 4.78 is 1.07. The zero-order valence-corrected chi connectivity index (χ0v) is 13.8. The summed E-state index contributed by atoms with van der Waals surface area (Å²) in [6.45, 7) is 0. The molecule has 0 aliphatic carbocycles. The van der Waals surface area contributed by atoms with E-state index in [1.54, 1.807) is 11.8 Å². The van der Waals surface area contributed by atoms with Gasteiger partial charge in [-0.15, -0.1) is 11.8 Å². The Hall–Kier alpha value is -1.29. The monoisotopic (exact) mass is 358 g/mol. The SMILES string of the molecule is OC(CSc1ccccc1Br)c1cccc2ccccc12. The van der Waals surface area contributed by atoms with Gasteiger partial charge in [0.1, 0.15) is 0 Å². The summed E-state index contributed by atoms with van der Waals surface area (Å²) in [5.41, 5.74) is 0.993. The van der Waals surface area contributed by atoms with E-state index in [-0.39, 0.29) is 0 Å². The highest BCUT2D eigenvalue weighted by Crippen LogP contribution is 2.32. The number of fused-ring (bicyclic) bond motifs is 1. The maximum atomic E-state index is 10.5. The number of benzene rings is 3. The van der Waals surface area contributed by atoms with Crippen LogP contribution in [0.3, 0.4) is 0 Å². The van der Waals surface area contributed by atoms with Crippen LogP contribution >= 0.6 is 27.7 Å². The summed E-state index contributed by atoms with van der Waals surface area (Å²) in [5.74, 6) is 0.636. The van der Waals surface area contributed by atoms with Gasteiger partial charge >= 0.3 is 0 Å². The molecule has 1 atom stereocenters. The zero-order chi connectivity index (χ0) is 14.7. The van der Waals surface area contributed by atoms with Gasteiger partial charge in [-0.3, -0.25) is 0 Å². The number of hydrogen-bond acceptors (Lipinski definition) is 2. The Kier molecular flexibility index (Phi) is 4.63. The molecule has 0 aliphatic heterocycles. The molecule has 1 nitrogen and oxygen atoms in total. The average molecular weight is 359 g/mol. The van der Waals surface area contributed by atoms with E-state index in [2.05, 4.69) is 40.2 Å². The van der Waals surface area contributed by atoms with E-state index in [9.17, 15) is 5.11 Å². The highest BCUT2D eigenvalue weighted by Gasteiger charge is 2.12. The second-order valence-corrected chi connectivity index (χ2v) is 6.74. The van der Waals surface area contributed by atoms with Crippen LogP contribution in [0.2, 0.25) is 0 Å². The van der Waals surface area contributed by atoms with Crippen molar-refractivity contribution in [3.8, 4) is 0 Å². The van der Waals surface area contributed by atoms with Crippen LogP contribution in [0.1, 0.15) is 11.7 Å². The third-order valence-electron chi connectivity index (χ3n) is 3.42. The van der Waals surface area contributed by atoms with Crippen molar-refractivity contribution in [2.24, 2.45) is 0 Å². The van der Waals surface area contributed by atoms with E-state index in [4.69, 9.17) is 0 Å². The Balaban J connectivity index is 1.81. The summed E-state index contributed by atoms with van der Waals surface area (Å²) in [6.07, 6.45) is -0.479. The first-order valence-electron chi connectivity index (χ1n) is 6.79. The van der Waals surface area contributed by atoms with Gasteiger partial charge in [0.2, 0.25) is 0 Å². The van der Waals surface area contributed by atoms with Crippen LogP contribution in [0.25, 0.3) is 10.8 Å². The molecule has 3 heteroatoms. The van der Waals surface area contributed by atoms with Crippen LogP contribution in [-0.2, 0) is 0 Å². The Morgan fingerprint density at radius 2 is 1.62 bits per heavy atom. The fourth-order valence-electron chi connectivity index (χ4n) is 2.36. The number of thioether (sulfide) groups is 1. The predicted molar refractivity (Wildman–Crippen MR) is 93.8 cm³/mol. The molecule has 1 unspecified atom stereocenters. The van der Waals surface area contributed by atoms with E-state index in [0.29, 0.717) is 5.75 Å². The van der Waals surface area contributed by atoms with Crippen molar-refractivity contribution in [1.82, 2.24) is 0 Å². The molecule has 0 aromatic heterocycles. The van der Waals surface area contributed by atoms with Crippen molar-refractivity contribution in [3.05, 3.63) is 76.8 Å². The number of halogens is 1. The van der Waals surface area contributed by atoms with Gasteiger partial charge in [0.05, 0.1) is 6.10 Å². The smallest absolute Gasteiger partial charge is 0.0889 e. The lowest BCUT2D eigenvalue weighted by molar-refractivity contribution is 0.205. The third kappa shape index (κ3) is 3.31. The minimum Gasteiger partial charge on any atom is -0.388 e. The Morgan fingerprint density at radius 1 is 0.905 bits per heavy atom. The lowest BCUT2D eigenvalue weighted by atomic mass is 10.0. The first-order chi connectivity index (χ1) is 10.3. The van der Waals surface area contributed by atoms with Gasteiger partial charge in [-0.25, -0.2) is 0 Å². The molecule has 3 aromatic rings. The standard InChI is InChI=1S/C18H15BrOS/c19-16-10-3-4-11-18(16)21-12-17(20)15-9-5-7-13-6-1-2-8-14(13)15/h1-11,17,20H,12H2. The van der Waals surface area contributed by atoms with Gasteiger partial charge in [0.15, 0.2) is 0 Å². The van der Waals surface area contributed by atoms with Gasteiger partial charge in [0, 0.05) is 15.1 Å². The normalized spacial score (nSPS) is 12.5. The van der Waals surface area contributed by atoms with E-state index >= 15 is 0 Å². The first-order valence-corrected chi connectivity index (χ1v) is 8.56. The molecular formula is C18H15BrOS. The molecule has 3 rings (SSSR count). The van der Waals surface area contributed by atoms with Crippen molar-refractivity contribution in [2.75, 3.05) is 5.75 Å². The summed E-state index contributed by atoms with van der Waals surface area (Å²) in [7, 11) is 0. The predicted octanol–water partition coefficient (Wildman–Crippen LogP) is 5.43. The summed E-state index contributed by atoms with van der Waals surface area (Å²) in [4.78, 5) is 1.15. The molecule has 3 aromatic carbocycles. The second-order valence-electron chi connectivity index (χ2n) is 4.83. The topological polar surface area (TPSA) is 20.2 Å². The summed E-state index contributed by atoms with van der Waals surface area (Å²) >= 11 is 5.20. The molecule has 0 saturated heterocycles. The highest BCUT2D eigenvalue weighted by atomic mass is 79.9. The molecule has 0 saturated carbocycles.